The summed E-state index contributed by atoms with van der Waals surface area (Å²) in [7, 11) is -5.71. The summed E-state index contributed by atoms with van der Waals surface area (Å²) in [6.07, 6.45) is 1.08. The molecule has 1 aliphatic rings. The molecule has 1 aromatic carbocycles. The number of nitrogens with zero attached hydrogens (tertiary/aromatic N) is 1. The summed E-state index contributed by atoms with van der Waals surface area (Å²) in [5.74, 6) is 0.854. The van der Waals surface area contributed by atoms with Crippen LogP contribution in [-0.4, -0.2) is 57.9 Å². The van der Waals surface area contributed by atoms with Crippen LogP contribution >= 0.6 is 11.8 Å². The van der Waals surface area contributed by atoms with Crippen LogP contribution in [0.5, 0.6) is 0 Å². The summed E-state index contributed by atoms with van der Waals surface area (Å²) in [4.78, 5) is 0.105. The number of sulfone groups is 1. The van der Waals surface area contributed by atoms with Crippen molar-refractivity contribution in [3.05, 3.63) is 24.3 Å². The van der Waals surface area contributed by atoms with E-state index in [4.69, 9.17) is 0 Å². The number of anilines is 1. The van der Waals surface area contributed by atoms with Gasteiger partial charge in [-0.05, 0) is 12.1 Å². The van der Waals surface area contributed by atoms with Crippen molar-refractivity contribution >= 4 is 37.3 Å². The Hall–Kier alpha value is -0.770. The third-order valence-corrected chi connectivity index (χ3v) is 8.02. The van der Waals surface area contributed by atoms with Crippen LogP contribution in [0.25, 0.3) is 0 Å². The van der Waals surface area contributed by atoms with Crippen LogP contribution in [0.4, 0.5) is 5.69 Å². The quantitative estimate of drug-likeness (QED) is 0.866. The van der Waals surface area contributed by atoms with Gasteiger partial charge in [-0.1, -0.05) is 12.1 Å². The molecule has 1 heterocycles. The Balaban J connectivity index is 2.51. The standard InChI is InChI=1S/C12H18N2O4S3/c1-13-10-5-3-4-6-11(10)21(17,18)14-7-8-19-9-12(14)20(2,15)16/h3-6,12-13H,7-9H2,1-2H3. The Morgan fingerprint density at radius 3 is 2.52 bits per heavy atom. The lowest BCUT2D eigenvalue weighted by Crippen LogP contribution is -2.49. The maximum atomic E-state index is 12.8. The number of benzene rings is 1. The van der Waals surface area contributed by atoms with E-state index in [1.165, 1.54) is 17.8 Å². The van der Waals surface area contributed by atoms with Gasteiger partial charge < -0.3 is 5.32 Å². The summed E-state index contributed by atoms with van der Waals surface area (Å²) in [5.41, 5.74) is 0.461. The Morgan fingerprint density at radius 2 is 1.90 bits per heavy atom. The van der Waals surface area contributed by atoms with E-state index in [0.717, 1.165) is 10.6 Å². The van der Waals surface area contributed by atoms with Crippen molar-refractivity contribution in [1.29, 1.82) is 0 Å². The van der Waals surface area contributed by atoms with Crippen molar-refractivity contribution < 1.29 is 16.8 Å². The highest BCUT2D eigenvalue weighted by molar-refractivity contribution is 8.01. The van der Waals surface area contributed by atoms with Crippen LogP contribution in [0.15, 0.2) is 29.2 Å². The Morgan fingerprint density at radius 1 is 1.24 bits per heavy atom. The first-order valence-electron chi connectivity index (χ1n) is 6.33. The molecule has 0 amide bonds. The molecule has 0 aromatic heterocycles. The van der Waals surface area contributed by atoms with Crippen LogP contribution in [0.1, 0.15) is 0 Å². The van der Waals surface area contributed by atoms with Crippen LogP contribution in [0.3, 0.4) is 0 Å². The highest BCUT2D eigenvalue weighted by atomic mass is 32.2. The number of hydrogen-bond acceptors (Lipinski definition) is 6. The second-order valence-corrected chi connectivity index (χ2v) is 9.93. The lowest BCUT2D eigenvalue weighted by Gasteiger charge is -2.33. The smallest absolute Gasteiger partial charge is 0.246 e. The molecule has 0 bridgehead atoms. The second-order valence-electron chi connectivity index (χ2n) is 4.72. The predicted molar refractivity (Wildman–Crippen MR) is 85.8 cm³/mol. The fourth-order valence-electron chi connectivity index (χ4n) is 2.20. The van der Waals surface area contributed by atoms with Crippen LogP contribution in [0.2, 0.25) is 0 Å². The fraction of sp³-hybridized carbons (Fsp3) is 0.500. The average Bonchev–Trinajstić information content (AvgIpc) is 2.46. The molecule has 0 radical (unpaired) electrons. The third kappa shape index (κ3) is 3.36. The van der Waals surface area contributed by atoms with Gasteiger partial charge in [-0.25, -0.2) is 16.8 Å². The molecule has 1 N–H and O–H groups in total. The topological polar surface area (TPSA) is 83.6 Å². The Labute approximate surface area is 129 Å². The lowest BCUT2D eigenvalue weighted by atomic mass is 10.3. The van der Waals surface area contributed by atoms with E-state index in [0.29, 0.717) is 11.4 Å². The van der Waals surface area contributed by atoms with Gasteiger partial charge >= 0.3 is 0 Å². The van der Waals surface area contributed by atoms with E-state index in [1.54, 1.807) is 25.2 Å². The number of thioether (sulfide) groups is 1. The van der Waals surface area contributed by atoms with E-state index in [-0.39, 0.29) is 17.2 Å². The zero-order valence-electron chi connectivity index (χ0n) is 11.8. The zero-order valence-corrected chi connectivity index (χ0v) is 14.3. The van der Waals surface area contributed by atoms with Crippen molar-refractivity contribution in [2.24, 2.45) is 0 Å². The lowest BCUT2D eigenvalue weighted by molar-refractivity contribution is 0.405. The minimum Gasteiger partial charge on any atom is -0.387 e. The molecule has 2 rings (SSSR count). The summed E-state index contributed by atoms with van der Waals surface area (Å²) in [5, 5.41) is 1.83. The molecular formula is C12H18N2O4S3. The van der Waals surface area contributed by atoms with E-state index in [1.807, 2.05) is 0 Å². The van der Waals surface area contributed by atoms with Crippen molar-refractivity contribution in [2.45, 2.75) is 10.3 Å². The van der Waals surface area contributed by atoms with Gasteiger partial charge in [0.25, 0.3) is 0 Å². The molecule has 6 nitrogen and oxygen atoms in total. The van der Waals surface area contributed by atoms with Crippen LogP contribution < -0.4 is 5.32 Å². The molecule has 0 spiro atoms. The van der Waals surface area contributed by atoms with Crippen molar-refractivity contribution in [3.8, 4) is 0 Å². The largest absolute Gasteiger partial charge is 0.387 e. The van der Waals surface area contributed by atoms with E-state index < -0.39 is 25.2 Å². The van der Waals surface area contributed by atoms with Gasteiger partial charge in [0.05, 0.1) is 5.69 Å². The fourth-order valence-corrected chi connectivity index (χ4v) is 7.57. The van der Waals surface area contributed by atoms with Crippen molar-refractivity contribution in [2.75, 3.05) is 36.7 Å². The Bertz CT molecular complexity index is 716. The maximum Gasteiger partial charge on any atom is 0.246 e. The number of hydrogen-bond donors (Lipinski definition) is 1. The van der Waals surface area contributed by atoms with Gasteiger partial charge in [-0.2, -0.15) is 16.1 Å². The van der Waals surface area contributed by atoms with Gasteiger partial charge in [-0.3, -0.25) is 0 Å². The first-order chi connectivity index (χ1) is 9.78. The molecule has 118 valence electrons. The minimum absolute atomic E-state index is 0.105. The molecule has 21 heavy (non-hydrogen) atoms. The summed E-state index contributed by atoms with van der Waals surface area (Å²) >= 11 is 1.45. The monoisotopic (exact) mass is 350 g/mol. The SMILES string of the molecule is CNc1ccccc1S(=O)(=O)N1CCSCC1S(C)(=O)=O. The molecule has 0 saturated carbocycles. The normalized spacial score (nSPS) is 21.1. The van der Waals surface area contributed by atoms with Crippen molar-refractivity contribution in [1.82, 2.24) is 4.31 Å². The number of sulfonamides is 1. The summed E-state index contributed by atoms with van der Waals surface area (Å²) in [6.45, 7) is 0.197. The highest BCUT2D eigenvalue weighted by Crippen LogP contribution is 2.30. The van der Waals surface area contributed by atoms with Crippen LogP contribution in [0, 0.1) is 0 Å². The predicted octanol–water partition coefficient (Wildman–Crippen LogP) is 0.837. The summed E-state index contributed by atoms with van der Waals surface area (Å²) < 4.78 is 50.6. The minimum atomic E-state index is -3.86. The average molecular weight is 350 g/mol. The molecule has 0 aliphatic carbocycles. The van der Waals surface area contributed by atoms with Crippen LogP contribution in [-0.2, 0) is 19.9 Å². The molecule has 1 unspecified atom stereocenters. The highest BCUT2D eigenvalue weighted by Gasteiger charge is 2.40. The van der Waals surface area contributed by atoms with Gasteiger partial charge in [0.15, 0.2) is 9.84 Å². The number of para-hydroxylation sites is 1. The van der Waals surface area contributed by atoms with Gasteiger partial charge in [-0.15, -0.1) is 0 Å². The molecule has 1 fully saturated rings. The zero-order chi connectivity index (χ0) is 15.7. The van der Waals surface area contributed by atoms with Gasteiger partial charge in [0, 0.05) is 31.4 Å². The molecule has 9 heteroatoms. The van der Waals surface area contributed by atoms with Crippen molar-refractivity contribution in [3.63, 3.8) is 0 Å². The van der Waals surface area contributed by atoms with E-state index in [9.17, 15) is 16.8 Å². The molecule has 1 aromatic rings. The second kappa shape index (κ2) is 6.15. The Kier molecular flexibility index (Phi) is 4.86. The van der Waals surface area contributed by atoms with E-state index in [2.05, 4.69) is 5.32 Å². The third-order valence-electron chi connectivity index (χ3n) is 3.27. The first-order valence-corrected chi connectivity index (χ1v) is 10.9. The molecule has 1 atom stereocenters. The summed E-state index contributed by atoms with van der Waals surface area (Å²) in [6, 6.07) is 6.50. The van der Waals surface area contributed by atoms with E-state index >= 15 is 0 Å². The molecule has 1 saturated heterocycles. The maximum absolute atomic E-state index is 12.8. The number of rotatable bonds is 4. The molecular weight excluding hydrogens is 332 g/mol. The molecule has 1 aliphatic heterocycles. The first kappa shape index (κ1) is 16.6. The van der Waals surface area contributed by atoms with Gasteiger partial charge in [0.2, 0.25) is 10.0 Å². The van der Waals surface area contributed by atoms with Gasteiger partial charge in [0.1, 0.15) is 10.3 Å². The number of nitrogens with one attached hydrogen (secondary N) is 1.